The molecule has 0 saturated carbocycles. The lowest BCUT2D eigenvalue weighted by Crippen LogP contribution is -2.40. The molecule has 1 aromatic carbocycles. The molecule has 2 aromatic rings. The van der Waals surface area contributed by atoms with E-state index in [1.165, 1.54) is 18.5 Å². The number of rotatable bonds is 9. The molecule has 0 atom stereocenters. The van der Waals surface area contributed by atoms with Gasteiger partial charge in [0.1, 0.15) is 29.4 Å². The SMILES string of the molecule is CCNS(=O)(=O)c1ccc(Nc2cc(N(C)CC3CCN(OC(=O)OC(C)(C)C)CC3)ncn2)c(F)c1. The van der Waals surface area contributed by atoms with Gasteiger partial charge in [0, 0.05) is 39.3 Å². The predicted molar refractivity (Wildman–Crippen MR) is 137 cm³/mol. The first-order valence-electron chi connectivity index (χ1n) is 12.1. The summed E-state index contributed by atoms with van der Waals surface area (Å²) in [5.74, 6) is 0.668. The van der Waals surface area contributed by atoms with Crippen LogP contribution in [0.15, 0.2) is 35.5 Å². The lowest BCUT2D eigenvalue weighted by molar-refractivity contribution is -0.154. The number of hydroxylamine groups is 2. The average Bonchev–Trinajstić information content (AvgIpc) is 2.80. The number of carbonyl (C=O) groups is 1. The third-order valence-corrected chi connectivity index (χ3v) is 7.13. The fourth-order valence-electron chi connectivity index (χ4n) is 3.84. The Morgan fingerprint density at radius 1 is 1.22 bits per heavy atom. The number of sulfonamides is 1. The third-order valence-electron chi connectivity index (χ3n) is 5.59. The van der Waals surface area contributed by atoms with Crippen LogP contribution in [-0.2, 0) is 19.6 Å². The van der Waals surface area contributed by atoms with Gasteiger partial charge in [0.2, 0.25) is 10.0 Å². The van der Waals surface area contributed by atoms with Crippen LogP contribution in [0, 0.1) is 11.7 Å². The predicted octanol–water partition coefficient (Wildman–Crippen LogP) is 3.67. The number of piperidine rings is 1. The summed E-state index contributed by atoms with van der Waals surface area (Å²) < 4.78 is 46.3. The van der Waals surface area contributed by atoms with Gasteiger partial charge in [-0.2, -0.15) is 0 Å². The second-order valence-corrected chi connectivity index (χ2v) is 11.6. The van der Waals surface area contributed by atoms with Crippen LogP contribution >= 0.6 is 0 Å². The fourth-order valence-corrected chi connectivity index (χ4v) is 4.89. The fraction of sp³-hybridized carbons (Fsp3) is 0.542. The topological polar surface area (TPSA) is 126 Å². The second kappa shape index (κ2) is 12.0. The highest BCUT2D eigenvalue weighted by atomic mass is 32.2. The Hall–Kier alpha value is -3.03. The number of hydrogen-bond acceptors (Lipinski definition) is 10. The van der Waals surface area contributed by atoms with Crippen LogP contribution < -0.4 is 14.9 Å². The van der Waals surface area contributed by atoms with Crippen LogP contribution in [0.2, 0.25) is 0 Å². The van der Waals surface area contributed by atoms with Crippen LogP contribution in [0.25, 0.3) is 0 Å². The molecule has 1 aliphatic rings. The van der Waals surface area contributed by atoms with E-state index in [-0.39, 0.29) is 17.1 Å². The van der Waals surface area contributed by atoms with E-state index in [1.807, 2.05) is 11.9 Å². The van der Waals surface area contributed by atoms with Gasteiger partial charge < -0.3 is 19.8 Å². The highest BCUT2D eigenvalue weighted by molar-refractivity contribution is 7.89. The Balaban J connectivity index is 1.55. The molecule has 11 nitrogen and oxygen atoms in total. The maximum atomic E-state index is 14.6. The van der Waals surface area contributed by atoms with Gasteiger partial charge in [0.05, 0.1) is 10.6 Å². The van der Waals surface area contributed by atoms with E-state index in [2.05, 4.69) is 20.0 Å². The molecule has 0 radical (unpaired) electrons. The zero-order valence-corrected chi connectivity index (χ0v) is 22.6. The van der Waals surface area contributed by atoms with Crippen LogP contribution in [-0.4, -0.2) is 68.4 Å². The Bertz CT molecular complexity index is 1180. The number of nitrogens with zero attached hydrogens (tertiary/aromatic N) is 4. The van der Waals surface area contributed by atoms with E-state index in [9.17, 15) is 17.6 Å². The summed E-state index contributed by atoms with van der Waals surface area (Å²) in [5, 5.41) is 4.51. The average molecular weight is 539 g/mol. The molecule has 1 fully saturated rings. The molecule has 0 aliphatic carbocycles. The highest BCUT2D eigenvalue weighted by Gasteiger charge is 2.26. The number of hydrogen-bond donors (Lipinski definition) is 2. The Morgan fingerprint density at radius 3 is 2.54 bits per heavy atom. The van der Waals surface area contributed by atoms with Gasteiger partial charge >= 0.3 is 6.16 Å². The molecule has 2 heterocycles. The van der Waals surface area contributed by atoms with Crippen LogP contribution in [0.5, 0.6) is 0 Å². The minimum absolute atomic E-state index is 0.0973. The molecule has 1 aliphatic heterocycles. The number of anilines is 3. The van der Waals surface area contributed by atoms with Crippen molar-refractivity contribution in [3.05, 3.63) is 36.4 Å². The summed E-state index contributed by atoms with van der Waals surface area (Å²) in [5.41, 5.74) is -0.508. The molecule has 0 spiro atoms. The molecule has 37 heavy (non-hydrogen) atoms. The van der Waals surface area contributed by atoms with E-state index >= 15 is 0 Å². The molecule has 3 rings (SSSR count). The minimum Gasteiger partial charge on any atom is -0.427 e. The Labute approximate surface area is 217 Å². The monoisotopic (exact) mass is 538 g/mol. The van der Waals surface area contributed by atoms with E-state index in [0.29, 0.717) is 30.6 Å². The number of benzene rings is 1. The van der Waals surface area contributed by atoms with Gasteiger partial charge in [-0.05, 0) is 57.7 Å². The van der Waals surface area contributed by atoms with Crippen LogP contribution in [0.1, 0.15) is 40.5 Å². The summed E-state index contributed by atoms with van der Waals surface area (Å²) in [6.07, 6.45) is 2.34. The van der Waals surface area contributed by atoms with Crippen molar-refractivity contribution in [1.29, 1.82) is 0 Å². The summed E-state index contributed by atoms with van der Waals surface area (Å²) in [4.78, 5) is 27.5. The molecule has 1 saturated heterocycles. The summed E-state index contributed by atoms with van der Waals surface area (Å²) in [6.45, 7) is 9.15. The van der Waals surface area contributed by atoms with E-state index in [0.717, 1.165) is 25.5 Å². The molecular formula is C24H35FN6O5S. The van der Waals surface area contributed by atoms with Crippen molar-refractivity contribution in [1.82, 2.24) is 19.8 Å². The standard InChI is InChI=1S/C24H35FN6O5S/c1-6-28-37(33,34)18-7-8-20(19(25)13-18)29-21-14-22(27-16-26-21)30(5)15-17-9-11-31(12-10-17)36-23(32)35-24(2,3)4/h7-8,13-14,16-17,28H,6,9-12,15H2,1-5H3,(H,26,27,29). The van der Waals surface area contributed by atoms with Crippen molar-refractivity contribution in [2.75, 3.05) is 43.4 Å². The first-order chi connectivity index (χ1) is 17.4. The second-order valence-electron chi connectivity index (χ2n) is 9.84. The van der Waals surface area contributed by atoms with Crippen molar-refractivity contribution >= 4 is 33.5 Å². The molecular weight excluding hydrogens is 503 g/mol. The third kappa shape index (κ3) is 8.51. The zero-order chi connectivity index (χ0) is 27.2. The first-order valence-corrected chi connectivity index (χ1v) is 13.6. The quantitative estimate of drug-likeness (QED) is 0.457. The molecule has 0 unspecified atom stereocenters. The van der Waals surface area contributed by atoms with E-state index < -0.39 is 27.6 Å². The van der Waals surface area contributed by atoms with Crippen molar-refractivity contribution < 1.29 is 27.2 Å². The van der Waals surface area contributed by atoms with Crippen molar-refractivity contribution in [3.8, 4) is 0 Å². The van der Waals surface area contributed by atoms with Crippen LogP contribution in [0.4, 0.5) is 26.5 Å². The summed E-state index contributed by atoms with van der Waals surface area (Å²) >= 11 is 0. The summed E-state index contributed by atoms with van der Waals surface area (Å²) in [6, 6.07) is 5.35. The molecule has 2 N–H and O–H groups in total. The van der Waals surface area contributed by atoms with Crippen LogP contribution in [0.3, 0.4) is 0 Å². The largest absolute Gasteiger partial charge is 0.528 e. The van der Waals surface area contributed by atoms with Gasteiger partial charge in [-0.25, -0.2) is 32.3 Å². The molecule has 13 heteroatoms. The van der Waals surface area contributed by atoms with Gasteiger partial charge in [-0.1, -0.05) is 6.92 Å². The van der Waals surface area contributed by atoms with E-state index in [1.54, 1.807) is 38.8 Å². The molecule has 0 amide bonds. The maximum Gasteiger partial charge on any atom is 0.528 e. The zero-order valence-electron chi connectivity index (χ0n) is 21.8. The number of nitrogens with one attached hydrogen (secondary N) is 2. The lowest BCUT2D eigenvalue weighted by atomic mass is 9.97. The smallest absolute Gasteiger partial charge is 0.427 e. The van der Waals surface area contributed by atoms with Crippen molar-refractivity contribution in [2.45, 2.75) is 51.0 Å². The highest BCUT2D eigenvalue weighted by Crippen LogP contribution is 2.25. The van der Waals surface area contributed by atoms with Gasteiger partial charge in [-0.3, -0.25) is 0 Å². The molecule has 204 valence electrons. The number of ether oxygens (including phenoxy) is 1. The van der Waals surface area contributed by atoms with Gasteiger partial charge in [0.15, 0.2) is 0 Å². The van der Waals surface area contributed by atoms with Gasteiger partial charge in [0.25, 0.3) is 0 Å². The van der Waals surface area contributed by atoms with E-state index in [4.69, 9.17) is 9.57 Å². The first kappa shape index (κ1) is 28.5. The number of carbonyl (C=O) groups excluding carboxylic acids is 1. The molecule has 1 aromatic heterocycles. The summed E-state index contributed by atoms with van der Waals surface area (Å²) in [7, 11) is -1.84. The van der Waals surface area contributed by atoms with Crippen molar-refractivity contribution in [2.24, 2.45) is 5.92 Å². The van der Waals surface area contributed by atoms with Gasteiger partial charge in [-0.15, -0.1) is 5.06 Å². The lowest BCUT2D eigenvalue weighted by Gasteiger charge is -2.33. The van der Waals surface area contributed by atoms with Crippen molar-refractivity contribution in [3.63, 3.8) is 0 Å². The number of halogens is 1. The number of aromatic nitrogens is 2. The maximum absolute atomic E-state index is 14.6. The molecule has 0 bridgehead atoms. The Morgan fingerprint density at radius 2 is 1.92 bits per heavy atom. The normalized spacial score (nSPS) is 15.3. The minimum atomic E-state index is -3.76. The Kier molecular flexibility index (Phi) is 9.26.